The highest BCUT2D eigenvalue weighted by molar-refractivity contribution is 6.09. The molecule has 0 radical (unpaired) electrons. The van der Waals surface area contributed by atoms with Crippen LogP contribution in [0.2, 0.25) is 0 Å². The molecule has 1 aliphatic rings. The number of fused-ring (bicyclic) bond motifs is 6. The molecule has 2 heteroatoms. The Balaban J connectivity index is 1.14. The first-order valence-electron chi connectivity index (χ1n) is 21.7. The van der Waals surface area contributed by atoms with Gasteiger partial charge in [-0.2, -0.15) is 0 Å². The zero-order valence-corrected chi connectivity index (χ0v) is 30.8. The Kier molecular flexibility index (Phi) is 6.60. The Labute approximate surface area is 339 Å². The second-order valence-corrected chi connectivity index (χ2v) is 14.5. The molecule has 0 saturated carbocycles. The van der Waals surface area contributed by atoms with E-state index in [-0.39, 0.29) is 17.8 Å². The molecule has 10 aromatic rings. The van der Waals surface area contributed by atoms with Crippen LogP contribution >= 0.6 is 0 Å². The van der Waals surface area contributed by atoms with Crippen molar-refractivity contribution in [1.82, 2.24) is 0 Å². The third-order valence-electron chi connectivity index (χ3n) is 11.5. The van der Waals surface area contributed by atoms with Crippen LogP contribution in [0.3, 0.4) is 0 Å². The van der Waals surface area contributed by atoms with Crippen LogP contribution < -0.4 is 4.90 Å². The second kappa shape index (κ2) is 13.4. The van der Waals surface area contributed by atoms with Crippen LogP contribution in [0.25, 0.3) is 55.3 Å². The molecular weight excluding hydrogens is 691 g/mol. The summed E-state index contributed by atoms with van der Waals surface area (Å²) in [4.78, 5) is 1.81. The van der Waals surface area contributed by atoms with E-state index in [9.17, 15) is 2.74 Å². The minimum Gasteiger partial charge on any atom is -0.455 e. The summed E-state index contributed by atoms with van der Waals surface area (Å²) >= 11 is 0. The molecule has 11 rings (SSSR count). The van der Waals surface area contributed by atoms with Gasteiger partial charge in [0.1, 0.15) is 11.2 Å². The Bertz CT molecular complexity index is 3320. The van der Waals surface area contributed by atoms with Crippen molar-refractivity contribution in [3.63, 3.8) is 0 Å². The maximum absolute atomic E-state index is 9.20. The third-order valence-corrected chi connectivity index (χ3v) is 11.5. The molecule has 0 bridgehead atoms. The van der Waals surface area contributed by atoms with Gasteiger partial charge in [-0.15, -0.1) is 0 Å². The molecule has 2 nitrogen and oxygen atoms in total. The number of para-hydroxylation sites is 3. The fourth-order valence-corrected chi connectivity index (χ4v) is 8.95. The molecule has 1 unspecified atom stereocenters. The zero-order valence-electron chi connectivity index (χ0n) is 35.8. The average molecular weight is 733 g/mol. The number of anilines is 3. The smallest absolute Gasteiger partial charge is 0.143 e. The van der Waals surface area contributed by atoms with Gasteiger partial charge in [0.05, 0.1) is 12.3 Å². The van der Waals surface area contributed by atoms with Crippen LogP contribution in [0.1, 0.15) is 29.1 Å². The van der Waals surface area contributed by atoms with Gasteiger partial charge in [-0.05, 0) is 92.5 Å². The molecule has 0 fully saturated rings. The van der Waals surface area contributed by atoms with E-state index in [0.29, 0.717) is 11.4 Å². The van der Waals surface area contributed by atoms with Crippen molar-refractivity contribution >= 4 is 39.0 Å². The minimum absolute atomic E-state index is 0.0772. The van der Waals surface area contributed by atoms with E-state index in [1.165, 1.54) is 0 Å². The van der Waals surface area contributed by atoms with Crippen LogP contribution in [-0.2, 0) is 5.41 Å². The summed E-state index contributed by atoms with van der Waals surface area (Å²) in [5, 5.41) is 2.16. The van der Waals surface area contributed by atoms with Crippen molar-refractivity contribution in [3.8, 4) is 33.4 Å². The fraction of sp³-hybridized carbons (Fsp3) is 0.0182. The molecule has 1 aromatic heterocycles. The van der Waals surface area contributed by atoms with Crippen molar-refractivity contribution in [2.24, 2.45) is 0 Å². The Morgan fingerprint density at radius 3 is 1.81 bits per heavy atom. The quantitative estimate of drug-likeness (QED) is 0.162. The van der Waals surface area contributed by atoms with Crippen molar-refractivity contribution < 1.29 is 11.3 Å². The van der Waals surface area contributed by atoms with Crippen molar-refractivity contribution in [2.75, 3.05) is 4.90 Å². The summed E-state index contributed by atoms with van der Waals surface area (Å²) in [6, 6.07) is 64.8. The average Bonchev–Trinajstić information content (AvgIpc) is 3.86. The summed E-state index contributed by atoms with van der Waals surface area (Å²) in [6.45, 7) is 0. The summed E-state index contributed by atoms with van der Waals surface area (Å²) < 4.78 is 50.7. The van der Waals surface area contributed by atoms with Gasteiger partial charge in [0.15, 0.2) is 0 Å². The van der Waals surface area contributed by atoms with Gasteiger partial charge in [-0.25, -0.2) is 0 Å². The normalized spacial score (nSPS) is 15.6. The highest BCUT2D eigenvalue weighted by atomic mass is 16.3. The lowest BCUT2D eigenvalue weighted by Crippen LogP contribution is -2.28. The standard InChI is InChI=1S/C55H37NO/c1-4-15-38(16-5-1)39-29-33-44(34-30-39)56(43-19-8-3-9-20-43)45-35-36-48-47-21-10-12-25-51(47)55(52(48)37-45,41-17-6-2-7-18-41)42-31-27-40(28-32-42)46-23-14-24-50-49-22-11-13-26-53(49)57-54(46)50/h1-37H/i3D,8D,9D,19D,20D. The molecule has 0 spiro atoms. The monoisotopic (exact) mass is 732 g/mol. The van der Waals surface area contributed by atoms with Crippen LogP contribution in [0.4, 0.5) is 17.1 Å². The molecular formula is C55H37NO. The lowest BCUT2D eigenvalue weighted by atomic mass is 9.67. The molecule has 268 valence electrons. The molecule has 1 heterocycles. The van der Waals surface area contributed by atoms with E-state index in [4.69, 9.17) is 8.53 Å². The lowest BCUT2D eigenvalue weighted by molar-refractivity contribution is 0.670. The SMILES string of the molecule is [2H]c1c([2H])c([2H])c(N(c2ccc(-c3ccccc3)cc2)c2ccc3c(c2)C(c2ccccc2)(c2ccc(-c4cccc5c4oc4ccccc45)cc2)c2ccccc2-3)c([2H])c1[2H]. The first kappa shape index (κ1) is 28.1. The number of benzene rings is 9. The third kappa shape index (κ3) is 5.26. The predicted molar refractivity (Wildman–Crippen MR) is 237 cm³/mol. The Morgan fingerprint density at radius 1 is 0.404 bits per heavy atom. The summed E-state index contributed by atoms with van der Waals surface area (Å²) in [5.41, 5.74) is 12.9. The summed E-state index contributed by atoms with van der Waals surface area (Å²) in [7, 11) is 0. The lowest BCUT2D eigenvalue weighted by Gasteiger charge is -2.35. The van der Waals surface area contributed by atoms with Crippen molar-refractivity contribution in [1.29, 1.82) is 0 Å². The van der Waals surface area contributed by atoms with Crippen LogP contribution in [0.5, 0.6) is 0 Å². The van der Waals surface area contributed by atoms with E-state index in [2.05, 4.69) is 121 Å². The van der Waals surface area contributed by atoms with Gasteiger partial charge < -0.3 is 9.32 Å². The first-order chi connectivity index (χ1) is 30.3. The maximum Gasteiger partial charge on any atom is 0.143 e. The topological polar surface area (TPSA) is 16.4 Å². The fourth-order valence-electron chi connectivity index (χ4n) is 8.95. The van der Waals surface area contributed by atoms with E-state index >= 15 is 0 Å². The van der Waals surface area contributed by atoms with Gasteiger partial charge >= 0.3 is 0 Å². The molecule has 0 saturated heterocycles. The molecule has 9 aromatic carbocycles. The molecule has 57 heavy (non-hydrogen) atoms. The Hall–Kier alpha value is -7.42. The van der Waals surface area contributed by atoms with Crippen molar-refractivity contribution in [2.45, 2.75) is 5.41 Å². The highest BCUT2D eigenvalue weighted by Crippen LogP contribution is 2.57. The maximum atomic E-state index is 9.20. The van der Waals surface area contributed by atoms with E-state index in [1.54, 1.807) is 0 Å². The zero-order chi connectivity index (χ0) is 42.1. The molecule has 0 N–H and O–H groups in total. The first-order valence-corrected chi connectivity index (χ1v) is 19.2. The largest absolute Gasteiger partial charge is 0.455 e. The van der Waals surface area contributed by atoms with Crippen LogP contribution in [-0.4, -0.2) is 0 Å². The number of nitrogens with zero attached hydrogens (tertiary/aromatic N) is 1. The van der Waals surface area contributed by atoms with Gasteiger partial charge in [0.2, 0.25) is 0 Å². The molecule has 0 aliphatic heterocycles. The molecule has 0 amide bonds. The van der Waals surface area contributed by atoms with Crippen molar-refractivity contribution in [3.05, 3.63) is 247 Å². The van der Waals surface area contributed by atoms with Gasteiger partial charge in [-0.3, -0.25) is 0 Å². The van der Waals surface area contributed by atoms with Gasteiger partial charge in [0.25, 0.3) is 0 Å². The van der Waals surface area contributed by atoms with Gasteiger partial charge in [0, 0.05) is 33.4 Å². The summed E-state index contributed by atoms with van der Waals surface area (Å²) in [5.74, 6) is 0. The van der Waals surface area contributed by atoms with E-state index in [1.807, 2.05) is 77.7 Å². The van der Waals surface area contributed by atoms with Gasteiger partial charge in [-0.1, -0.05) is 182 Å². The van der Waals surface area contributed by atoms with Crippen LogP contribution in [0.15, 0.2) is 229 Å². The summed E-state index contributed by atoms with van der Waals surface area (Å²) in [6.07, 6.45) is 0. The number of rotatable bonds is 7. The molecule has 1 aliphatic carbocycles. The Morgan fingerprint density at radius 2 is 1.00 bits per heavy atom. The number of hydrogen-bond acceptors (Lipinski definition) is 2. The van der Waals surface area contributed by atoms with E-state index < -0.39 is 23.5 Å². The van der Waals surface area contributed by atoms with E-state index in [0.717, 1.165) is 77.6 Å². The highest BCUT2D eigenvalue weighted by Gasteiger charge is 2.46. The number of hydrogen-bond donors (Lipinski definition) is 0. The minimum atomic E-state index is -0.782. The van der Waals surface area contributed by atoms with Crippen LogP contribution in [0, 0.1) is 0 Å². The predicted octanol–water partition coefficient (Wildman–Crippen LogP) is 14.8. The molecule has 1 atom stereocenters. The number of furan rings is 1. The second-order valence-electron chi connectivity index (χ2n) is 14.5.